The summed E-state index contributed by atoms with van der Waals surface area (Å²) in [4.78, 5) is 8.63. The number of nitrogen functional groups attached to an aromatic ring is 1. The molecule has 0 fully saturated rings. The third kappa shape index (κ3) is 3.17. The molecule has 0 aliphatic rings. The summed E-state index contributed by atoms with van der Waals surface area (Å²) in [6, 6.07) is 16.0. The maximum atomic E-state index is 5.83. The van der Waals surface area contributed by atoms with Gasteiger partial charge in [0.15, 0.2) is 0 Å². The van der Waals surface area contributed by atoms with Gasteiger partial charge in [0, 0.05) is 5.39 Å². The van der Waals surface area contributed by atoms with Crippen molar-refractivity contribution in [2.75, 3.05) is 12.3 Å². The first-order valence-corrected chi connectivity index (χ1v) is 7.43. The number of aryl methyl sites for hydroxylation is 2. The Balaban J connectivity index is 1.66. The van der Waals surface area contributed by atoms with Crippen molar-refractivity contribution < 1.29 is 4.74 Å². The van der Waals surface area contributed by atoms with Crippen LogP contribution in [0.1, 0.15) is 17.7 Å². The zero-order valence-electron chi connectivity index (χ0n) is 12.6. The highest BCUT2D eigenvalue weighted by atomic mass is 16.5. The SMILES string of the molecule is Cc1ccccc1OCCCc1nc(N)nc2ccccc12. The highest BCUT2D eigenvalue weighted by Crippen LogP contribution is 2.19. The number of ether oxygens (including phenoxy) is 1. The lowest BCUT2D eigenvalue weighted by Crippen LogP contribution is -2.04. The molecule has 3 aromatic rings. The van der Waals surface area contributed by atoms with Crippen LogP contribution in [0.2, 0.25) is 0 Å². The van der Waals surface area contributed by atoms with Crippen molar-refractivity contribution in [2.24, 2.45) is 0 Å². The second-order valence-electron chi connectivity index (χ2n) is 5.26. The van der Waals surface area contributed by atoms with Crippen molar-refractivity contribution in [3.8, 4) is 5.75 Å². The summed E-state index contributed by atoms with van der Waals surface area (Å²) in [5.41, 5.74) is 8.81. The van der Waals surface area contributed by atoms with Gasteiger partial charge in [-0.05, 0) is 37.5 Å². The molecule has 3 rings (SSSR count). The van der Waals surface area contributed by atoms with E-state index >= 15 is 0 Å². The standard InChI is InChI=1S/C18H19N3O/c1-13-7-2-5-11-17(13)22-12-6-10-16-14-8-3-4-9-15(14)20-18(19)21-16/h2-5,7-9,11H,6,10,12H2,1H3,(H2,19,20,21). The van der Waals surface area contributed by atoms with E-state index in [1.54, 1.807) is 0 Å². The molecule has 4 nitrogen and oxygen atoms in total. The Morgan fingerprint density at radius 2 is 1.77 bits per heavy atom. The topological polar surface area (TPSA) is 61.0 Å². The molecule has 112 valence electrons. The van der Waals surface area contributed by atoms with E-state index in [0.29, 0.717) is 12.6 Å². The Morgan fingerprint density at radius 3 is 2.64 bits per heavy atom. The van der Waals surface area contributed by atoms with Crippen LogP contribution in [-0.2, 0) is 6.42 Å². The number of nitrogens with two attached hydrogens (primary N) is 1. The molecule has 1 aromatic heterocycles. The van der Waals surface area contributed by atoms with Gasteiger partial charge >= 0.3 is 0 Å². The Morgan fingerprint density at radius 1 is 1.00 bits per heavy atom. The van der Waals surface area contributed by atoms with Gasteiger partial charge in [0.2, 0.25) is 5.95 Å². The van der Waals surface area contributed by atoms with Crippen molar-refractivity contribution in [3.63, 3.8) is 0 Å². The molecule has 2 N–H and O–H groups in total. The van der Waals surface area contributed by atoms with Crippen LogP contribution in [0.15, 0.2) is 48.5 Å². The molecule has 0 unspecified atom stereocenters. The zero-order chi connectivity index (χ0) is 15.4. The summed E-state index contributed by atoms with van der Waals surface area (Å²) in [6.45, 7) is 2.71. The van der Waals surface area contributed by atoms with Gasteiger partial charge in [0.05, 0.1) is 17.8 Å². The van der Waals surface area contributed by atoms with Crippen LogP contribution in [-0.4, -0.2) is 16.6 Å². The lowest BCUT2D eigenvalue weighted by atomic mass is 10.1. The third-order valence-corrected chi connectivity index (χ3v) is 3.61. The Hall–Kier alpha value is -2.62. The van der Waals surface area contributed by atoms with Gasteiger partial charge in [-0.2, -0.15) is 0 Å². The van der Waals surface area contributed by atoms with Crippen LogP contribution in [0.25, 0.3) is 10.9 Å². The van der Waals surface area contributed by atoms with E-state index in [-0.39, 0.29) is 0 Å². The van der Waals surface area contributed by atoms with Gasteiger partial charge in [0.1, 0.15) is 5.75 Å². The quantitative estimate of drug-likeness (QED) is 0.731. The molecule has 0 saturated heterocycles. The zero-order valence-corrected chi connectivity index (χ0v) is 12.6. The van der Waals surface area contributed by atoms with E-state index in [9.17, 15) is 0 Å². The Kier molecular flexibility index (Phi) is 4.19. The molecule has 0 bridgehead atoms. The highest BCUT2D eigenvalue weighted by Gasteiger charge is 2.06. The molecular formula is C18H19N3O. The van der Waals surface area contributed by atoms with E-state index < -0.39 is 0 Å². The van der Waals surface area contributed by atoms with Crippen LogP contribution >= 0.6 is 0 Å². The second kappa shape index (κ2) is 6.43. The normalized spacial score (nSPS) is 10.8. The number of nitrogens with zero attached hydrogens (tertiary/aromatic N) is 2. The van der Waals surface area contributed by atoms with Crippen LogP contribution in [0.4, 0.5) is 5.95 Å². The average Bonchev–Trinajstić information content (AvgIpc) is 2.53. The molecule has 0 aliphatic heterocycles. The van der Waals surface area contributed by atoms with Gasteiger partial charge in [-0.25, -0.2) is 9.97 Å². The molecule has 2 aromatic carbocycles. The van der Waals surface area contributed by atoms with Gasteiger partial charge < -0.3 is 10.5 Å². The van der Waals surface area contributed by atoms with Crippen molar-refractivity contribution in [3.05, 3.63) is 59.8 Å². The van der Waals surface area contributed by atoms with Crippen LogP contribution in [0.3, 0.4) is 0 Å². The summed E-state index contributed by atoms with van der Waals surface area (Å²) in [5.74, 6) is 1.27. The molecule has 1 heterocycles. The highest BCUT2D eigenvalue weighted by molar-refractivity contribution is 5.81. The van der Waals surface area contributed by atoms with E-state index in [4.69, 9.17) is 10.5 Å². The molecule has 0 aliphatic carbocycles. The van der Waals surface area contributed by atoms with E-state index in [1.165, 1.54) is 0 Å². The molecule has 0 saturated carbocycles. The van der Waals surface area contributed by atoms with E-state index in [0.717, 1.165) is 40.8 Å². The van der Waals surface area contributed by atoms with Crippen LogP contribution in [0.5, 0.6) is 5.75 Å². The summed E-state index contributed by atoms with van der Waals surface area (Å²) in [6.07, 6.45) is 1.70. The smallest absolute Gasteiger partial charge is 0.220 e. The van der Waals surface area contributed by atoms with Gasteiger partial charge in [-0.1, -0.05) is 36.4 Å². The average molecular weight is 293 g/mol. The number of benzene rings is 2. The monoisotopic (exact) mass is 293 g/mol. The number of fused-ring (bicyclic) bond motifs is 1. The number of para-hydroxylation sites is 2. The van der Waals surface area contributed by atoms with Crippen LogP contribution in [0, 0.1) is 6.92 Å². The predicted molar refractivity (Wildman–Crippen MR) is 88.9 cm³/mol. The number of aromatic nitrogens is 2. The van der Waals surface area contributed by atoms with E-state index in [1.807, 2.05) is 55.5 Å². The number of rotatable bonds is 5. The maximum Gasteiger partial charge on any atom is 0.220 e. The first kappa shape index (κ1) is 14.3. The second-order valence-corrected chi connectivity index (χ2v) is 5.26. The van der Waals surface area contributed by atoms with Crippen LogP contribution < -0.4 is 10.5 Å². The summed E-state index contributed by atoms with van der Waals surface area (Å²) >= 11 is 0. The molecule has 0 radical (unpaired) electrons. The molecular weight excluding hydrogens is 274 g/mol. The minimum Gasteiger partial charge on any atom is -0.493 e. The molecule has 22 heavy (non-hydrogen) atoms. The van der Waals surface area contributed by atoms with Gasteiger partial charge in [-0.15, -0.1) is 0 Å². The minimum atomic E-state index is 0.327. The van der Waals surface area contributed by atoms with Gasteiger partial charge in [-0.3, -0.25) is 0 Å². The summed E-state index contributed by atoms with van der Waals surface area (Å²) < 4.78 is 5.83. The Bertz CT molecular complexity index is 786. The predicted octanol–water partition coefficient (Wildman–Crippen LogP) is 3.53. The molecule has 0 spiro atoms. The van der Waals surface area contributed by atoms with Crippen molar-refractivity contribution >= 4 is 16.9 Å². The number of hydrogen-bond acceptors (Lipinski definition) is 4. The minimum absolute atomic E-state index is 0.327. The first-order chi connectivity index (χ1) is 10.7. The van der Waals surface area contributed by atoms with Crippen molar-refractivity contribution in [1.82, 2.24) is 9.97 Å². The Labute approximate surface area is 130 Å². The largest absolute Gasteiger partial charge is 0.493 e. The van der Waals surface area contributed by atoms with E-state index in [2.05, 4.69) is 9.97 Å². The van der Waals surface area contributed by atoms with Crippen molar-refractivity contribution in [1.29, 1.82) is 0 Å². The maximum absolute atomic E-state index is 5.83. The van der Waals surface area contributed by atoms with Gasteiger partial charge in [0.25, 0.3) is 0 Å². The number of anilines is 1. The molecule has 0 atom stereocenters. The lowest BCUT2D eigenvalue weighted by Gasteiger charge is -2.09. The fraction of sp³-hybridized carbons (Fsp3) is 0.222. The fourth-order valence-corrected chi connectivity index (χ4v) is 2.49. The number of hydrogen-bond donors (Lipinski definition) is 1. The van der Waals surface area contributed by atoms with Crippen molar-refractivity contribution in [2.45, 2.75) is 19.8 Å². The lowest BCUT2D eigenvalue weighted by molar-refractivity contribution is 0.308. The molecule has 0 amide bonds. The molecule has 4 heteroatoms. The first-order valence-electron chi connectivity index (χ1n) is 7.43. The summed E-state index contributed by atoms with van der Waals surface area (Å²) in [7, 11) is 0. The fourth-order valence-electron chi connectivity index (χ4n) is 2.49. The summed E-state index contributed by atoms with van der Waals surface area (Å²) in [5, 5.41) is 1.06. The third-order valence-electron chi connectivity index (χ3n) is 3.61.